The molecule has 0 unspecified atom stereocenters. The summed E-state index contributed by atoms with van der Waals surface area (Å²) < 4.78 is 1.44. The molecule has 1 fully saturated rings. The number of nitrogens with zero attached hydrogens (tertiary/aromatic N) is 1. The Labute approximate surface area is 116 Å². The van der Waals surface area contributed by atoms with Crippen LogP contribution in [0.1, 0.15) is 33.1 Å². The molecule has 0 bridgehead atoms. The second kappa shape index (κ2) is 6.40. The summed E-state index contributed by atoms with van der Waals surface area (Å²) in [5.41, 5.74) is 0. The summed E-state index contributed by atoms with van der Waals surface area (Å²) in [6, 6.07) is 11.5. The van der Waals surface area contributed by atoms with Crippen molar-refractivity contribution in [2.75, 3.05) is 0 Å². The molecule has 1 heterocycles. The van der Waals surface area contributed by atoms with Crippen LogP contribution in [0.4, 0.5) is 0 Å². The van der Waals surface area contributed by atoms with Gasteiger partial charge in [-0.15, -0.1) is 0 Å². The minimum atomic E-state index is 0.246. The number of rotatable bonds is 3. The van der Waals surface area contributed by atoms with Gasteiger partial charge in [-0.25, -0.2) is 0 Å². The fraction of sp³-hybridized carbons (Fsp3) is 0.533. The van der Waals surface area contributed by atoms with E-state index in [0.717, 1.165) is 11.7 Å². The molecule has 1 aromatic rings. The molecule has 0 aromatic heterocycles. The van der Waals surface area contributed by atoms with Crippen molar-refractivity contribution in [3.8, 4) is 0 Å². The summed E-state index contributed by atoms with van der Waals surface area (Å²) >= 11 is 0.483. The molecule has 2 atom stereocenters. The number of benzene rings is 1. The molecule has 1 aliphatic rings. The Morgan fingerprint density at radius 1 is 1.33 bits per heavy atom. The Balaban J connectivity index is 1.96. The first-order valence-electron chi connectivity index (χ1n) is 6.65. The van der Waals surface area contributed by atoms with Crippen molar-refractivity contribution < 1.29 is 4.79 Å². The molecule has 98 valence electrons. The minimum absolute atomic E-state index is 0.246. The van der Waals surface area contributed by atoms with E-state index >= 15 is 0 Å². The van der Waals surface area contributed by atoms with Crippen LogP contribution < -0.4 is 4.46 Å². The molecule has 2 rings (SSSR count). The van der Waals surface area contributed by atoms with E-state index in [1.54, 1.807) is 6.92 Å². The van der Waals surface area contributed by atoms with E-state index in [4.69, 9.17) is 0 Å². The number of hydrogen-bond donors (Lipinski definition) is 0. The molecule has 0 spiro atoms. The Bertz CT molecular complexity index is 393. The Kier molecular flexibility index (Phi) is 4.85. The molecule has 1 aromatic carbocycles. The van der Waals surface area contributed by atoms with Gasteiger partial charge in [0.25, 0.3) is 0 Å². The zero-order valence-electron chi connectivity index (χ0n) is 11.1. The predicted octanol–water partition coefficient (Wildman–Crippen LogP) is 2.22. The monoisotopic (exact) mass is 311 g/mol. The van der Waals surface area contributed by atoms with Gasteiger partial charge in [0.2, 0.25) is 0 Å². The molecule has 2 nitrogen and oxygen atoms in total. The van der Waals surface area contributed by atoms with Crippen LogP contribution in [-0.2, 0) is 4.79 Å². The van der Waals surface area contributed by atoms with Crippen molar-refractivity contribution in [3.63, 3.8) is 0 Å². The van der Waals surface area contributed by atoms with Gasteiger partial charge in [0.15, 0.2) is 0 Å². The molecule has 3 heteroatoms. The standard InChI is InChI=1S/C15H21NOSe/c1-12-7-6-8-14(16(12)13(2)17)11-18-15-9-4-3-5-10-15/h3-5,9-10,12,14H,6-8,11H2,1-2H3/t12-,14-/m0/s1. The normalized spacial score (nSPS) is 24.0. The van der Waals surface area contributed by atoms with Gasteiger partial charge in [0.05, 0.1) is 0 Å². The predicted molar refractivity (Wildman–Crippen MR) is 76.3 cm³/mol. The maximum atomic E-state index is 11.8. The number of likely N-dealkylation sites (tertiary alicyclic amines) is 1. The zero-order chi connectivity index (χ0) is 13.0. The van der Waals surface area contributed by atoms with Crippen LogP contribution in [0.15, 0.2) is 30.3 Å². The van der Waals surface area contributed by atoms with Crippen LogP contribution in [0.5, 0.6) is 0 Å². The third kappa shape index (κ3) is 3.36. The van der Waals surface area contributed by atoms with Gasteiger partial charge in [0.1, 0.15) is 0 Å². The maximum absolute atomic E-state index is 11.8. The molecule has 1 aliphatic heterocycles. The number of hydrogen-bond acceptors (Lipinski definition) is 1. The Hall–Kier alpha value is -0.791. The quantitative estimate of drug-likeness (QED) is 0.784. The van der Waals surface area contributed by atoms with Crippen LogP contribution in [0.3, 0.4) is 0 Å². The van der Waals surface area contributed by atoms with Crippen molar-refractivity contribution in [1.82, 2.24) is 4.90 Å². The van der Waals surface area contributed by atoms with Crippen molar-refractivity contribution >= 4 is 25.3 Å². The van der Waals surface area contributed by atoms with Gasteiger partial charge < -0.3 is 0 Å². The van der Waals surface area contributed by atoms with Gasteiger partial charge in [0, 0.05) is 0 Å². The van der Waals surface area contributed by atoms with E-state index in [-0.39, 0.29) is 5.91 Å². The summed E-state index contributed by atoms with van der Waals surface area (Å²) in [5.74, 6) is 0.246. The molecule has 1 amide bonds. The fourth-order valence-corrected chi connectivity index (χ4v) is 4.95. The third-order valence-corrected chi connectivity index (χ3v) is 6.00. The fourth-order valence-electron chi connectivity index (χ4n) is 2.73. The van der Waals surface area contributed by atoms with E-state index in [2.05, 4.69) is 42.2 Å². The molecule has 0 N–H and O–H groups in total. The van der Waals surface area contributed by atoms with Gasteiger partial charge in [-0.1, -0.05) is 0 Å². The SMILES string of the molecule is CC(=O)N1[C@H](C[Se]c2ccccc2)CCC[C@@H]1C. The van der Waals surface area contributed by atoms with Crippen LogP contribution >= 0.6 is 0 Å². The summed E-state index contributed by atoms with van der Waals surface area (Å²) in [5, 5.41) is 1.15. The first-order chi connectivity index (χ1) is 8.68. The average Bonchev–Trinajstić information content (AvgIpc) is 2.37. The van der Waals surface area contributed by atoms with E-state index in [1.165, 1.54) is 17.3 Å². The van der Waals surface area contributed by atoms with Gasteiger partial charge >= 0.3 is 116 Å². The topological polar surface area (TPSA) is 20.3 Å². The number of carbonyl (C=O) groups excluding carboxylic acids is 1. The molecular weight excluding hydrogens is 289 g/mol. The van der Waals surface area contributed by atoms with Crippen LogP contribution in [0.2, 0.25) is 5.32 Å². The molecule has 0 aliphatic carbocycles. The zero-order valence-corrected chi connectivity index (χ0v) is 12.8. The summed E-state index contributed by atoms with van der Waals surface area (Å²) in [6.45, 7) is 3.90. The van der Waals surface area contributed by atoms with Crippen LogP contribution in [-0.4, -0.2) is 37.8 Å². The van der Waals surface area contributed by atoms with Crippen molar-refractivity contribution in [3.05, 3.63) is 30.3 Å². The van der Waals surface area contributed by atoms with E-state index in [0.29, 0.717) is 27.0 Å². The summed E-state index contributed by atoms with van der Waals surface area (Å²) in [7, 11) is 0. The number of amides is 1. The van der Waals surface area contributed by atoms with Crippen LogP contribution in [0.25, 0.3) is 0 Å². The van der Waals surface area contributed by atoms with E-state index in [1.807, 2.05) is 0 Å². The van der Waals surface area contributed by atoms with E-state index < -0.39 is 0 Å². The van der Waals surface area contributed by atoms with Crippen molar-refractivity contribution in [2.24, 2.45) is 0 Å². The second-order valence-electron chi connectivity index (χ2n) is 4.98. The third-order valence-electron chi connectivity index (χ3n) is 3.58. The molecular formula is C15H21NOSe. The summed E-state index contributed by atoms with van der Waals surface area (Å²) in [4.78, 5) is 13.9. The molecule has 1 saturated heterocycles. The molecule has 0 radical (unpaired) electrons. The van der Waals surface area contributed by atoms with Crippen LogP contribution in [0, 0.1) is 0 Å². The Morgan fingerprint density at radius 3 is 2.72 bits per heavy atom. The Morgan fingerprint density at radius 2 is 2.06 bits per heavy atom. The van der Waals surface area contributed by atoms with Crippen molar-refractivity contribution in [1.29, 1.82) is 0 Å². The first kappa shape index (κ1) is 13.6. The van der Waals surface area contributed by atoms with Gasteiger partial charge in [-0.05, 0) is 0 Å². The number of carbonyl (C=O) groups is 1. The average molecular weight is 310 g/mol. The number of piperidine rings is 1. The summed E-state index contributed by atoms with van der Waals surface area (Å²) in [6.07, 6.45) is 3.60. The van der Waals surface area contributed by atoms with Crippen molar-refractivity contribution in [2.45, 2.75) is 50.5 Å². The first-order valence-corrected chi connectivity index (χ1v) is 8.72. The van der Waals surface area contributed by atoms with Gasteiger partial charge in [-0.2, -0.15) is 0 Å². The molecule has 0 saturated carbocycles. The molecule has 18 heavy (non-hydrogen) atoms. The second-order valence-corrected chi connectivity index (χ2v) is 7.28. The van der Waals surface area contributed by atoms with Gasteiger partial charge in [-0.3, -0.25) is 0 Å². The van der Waals surface area contributed by atoms with E-state index in [9.17, 15) is 4.79 Å².